The smallest absolute Gasteiger partial charge is 0.294 e. The van der Waals surface area contributed by atoms with Crippen molar-refractivity contribution in [2.75, 3.05) is 0 Å². The molecule has 0 bridgehead atoms. The molecule has 3 heterocycles. The van der Waals surface area contributed by atoms with E-state index < -0.39 is 0 Å². The molecule has 0 amide bonds. The normalized spacial score (nSPS) is 11.3. The minimum Gasteiger partial charge on any atom is -0.463 e. The number of aromatic nitrogens is 3. The van der Waals surface area contributed by atoms with Crippen LogP contribution in [0.4, 0.5) is 0 Å². The molecule has 0 aliphatic rings. The summed E-state index contributed by atoms with van der Waals surface area (Å²) in [5.41, 5.74) is 1.46. The molecule has 0 saturated heterocycles. The second-order valence-corrected chi connectivity index (χ2v) is 7.48. The first kappa shape index (κ1) is 16.3. The Labute approximate surface area is 156 Å². The van der Waals surface area contributed by atoms with Crippen LogP contribution < -0.4 is 5.56 Å². The summed E-state index contributed by atoms with van der Waals surface area (Å²) in [6.45, 7) is 2.07. The van der Waals surface area contributed by atoms with Crippen molar-refractivity contribution in [1.82, 2.24) is 14.8 Å². The van der Waals surface area contributed by atoms with E-state index in [1.54, 1.807) is 36.6 Å². The largest absolute Gasteiger partial charge is 0.463 e. The predicted octanol–water partition coefficient (Wildman–Crippen LogP) is 4.78. The van der Waals surface area contributed by atoms with Crippen LogP contribution in [0.1, 0.15) is 10.6 Å². The minimum atomic E-state index is -0.263. The molecule has 3 aromatic heterocycles. The molecule has 4 aromatic rings. The van der Waals surface area contributed by atoms with E-state index >= 15 is 0 Å². The first-order valence-corrected chi connectivity index (χ1v) is 8.96. The number of halogens is 2. The van der Waals surface area contributed by atoms with Crippen LogP contribution in [0.25, 0.3) is 21.7 Å². The highest BCUT2D eigenvalue weighted by Crippen LogP contribution is 2.30. The van der Waals surface area contributed by atoms with Crippen LogP contribution in [-0.2, 0) is 6.54 Å². The van der Waals surface area contributed by atoms with Crippen LogP contribution in [0, 0.1) is 6.92 Å². The standard InChI is InChI=1S/C17H11Cl2N3O2S/c1-9-20-15-16(25-9)14(13-3-2-6-24-13)21-22(17(15)23)8-10-4-5-11(18)7-12(10)19/h2-7H,8H2,1H3. The Morgan fingerprint density at radius 1 is 1.28 bits per heavy atom. The molecule has 0 unspecified atom stereocenters. The fraction of sp³-hybridized carbons (Fsp3) is 0.118. The van der Waals surface area contributed by atoms with Gasteiger partial charge in [-0.15, -0.1) is 11.3 Å². The van der Waals surface area contributed by atoms with E-state index in [1.165, 1.54) is 16.0 Å². The lowest BCUT2D eigenvalue weighted by Gasteiger charge is -2.09. The van der Waals surface area contributed by atoms with Gasteiger partial charge in [0.25, 0.3) is 5.56 Å². The maximum absolute atomic E-state index is 12.8. The van der Waals surface area contributed by atoms with Gasteiger partial charge in [0.2, 0.25) is 0 Å². The average Bonchev–Trinajstić information content (AvgIpc) is 3.22. The predicted molar refractivity (Wildman–Crippen MR) is 99.7 cm³/mol. The third-order valence-corrected chi connectivity index (χ3v) is 5.26. The van der Waals surface area contributed by atoms with Crippen molar-refractivity contribution in [3.8, 4) is 11.5 Å². The van der Waals surface area contributed by atoms with Gasteiger partial charge in [0.1, 0.15) is 5.69 Å². The molecular weight excluding hydrogens is 381 g/mol. The van der Waals surface area contributed by atoms with Crippen LogP contribution in [0.2, 0.25) is 10.0 Å². The Hall–Kier alpha value is -2.15. The zero-order chi connectivity index (χ0) is 17.6. The highest BCUT2D eigenvalue weighted by molar-refractivity contribution is 7.19. The lowest BCUT2D eigenvalue weighted by atomic mass is 10.2. The Morgan fingerprint density at radius 2 is 2.12 bits per heavy atom. The third-order valence-electron chi connectivity index (χ3n) is 3.70. The lowest BCUT2D eigenvalue weighted by Crippen LogP contribution is -2.24. The van der Waals surface area contributed by atoms with Crippen LogP contribution in [0.5, 0.6) is 0 Å². The minimum absolute atomic E-state index is 0.217. The van der Waals surface area contributed by atoms with E-state index in [0.29, 0.717) is 27.0 Å². The van der Waals surface area contributed by atoms with Crippen molar-refractivity contribution in [3.63, 3.8) is 0 Å². The first-order chi connectivity index (χ1) is 12.0. The number of fused-ring (bicyclic) bond motifs is 1. The summed E-state index contributed by atoms with van der Waals surface area (Å²) in [5.74, 6) is 0.588. The summed E-state index contributed by atoms with van der Waals surface area (Å²) in [5, 5.41) is 6.32. The molecule has 0 N–H and O–H groups in total. The molecule has 0 radical (unpaired) electrons. The van der Waals surface area contributed by atoms with Crippen molar-refractivity contribution in [1.29, 1.82) is 0 Å². The lowest BCUT2D eigenvalue weighted by molar-refractivity contribution is 0.571. The molecule has 0 aliphatic heterocycles. The van der Waals surface area contributed by atoms with E-state index in [1.807, 2.05) is 6.92 Å². The molecule has 126 valence electrons. The maximum atomic E-state index is 12.8. The van der Waals surface area contributed by atoms with E-state index in [-0.39, 0.29) is 12.1 Å². The van der Waals surface area contributed by atoms with Gasteiger partial charge in [0.05, 0.1) is 22.5 Å². The Morgan fingerprint density at radius 3 is 2.84 bits per heavy atom. The highest BCUT2D eigenvalue weighted by Gasteiger charge is 2.18. The van der Waals surface area contributed by atoms with Gasteiger partial charge in [-0.05, 0) is 36.8 Å². The van der Waals surface area contributed by atoms with E-state index in [4.69, 9.17) is 27.6 Å². The van der Waals surface area contributed by atoms with Crippen LogP contribution in [-0.4, -0.2) is 14.8 Å². The molecule has 0 aliphatic carbocycles. The van der Waals surface area contributed by atoms with Crippen molar-refractivity contribution in [2.45, 2.75) is 13.5 Å². The molecule has 0 spiro atoms. The maximum Gasteiger partial charge on any atom is 0.294 e. The summed E-state index contributed by atoms with van der Waals surface area (Å²) in [7, 11) is 0. The summed E-state index contributed by atoms with van der Waals surface area (Å²) in [4.78, 5) is 17.2. The SMILES string of the molecule is Cc1nc2c(=O)n(Cc3ccc(Cl)cc3Cl)nc(-c3ccco3)c2s1. The second kappa shape index (κ2) is 6.29. The van der Waals surface area contributed by atoms with Crippen LogP contribution >= 0.6 is 34.5 Å². The second-order valence-electron chi connectivity index (χ2n) is 5.44. The van der Waals surface area contributed by atoms with Gasteiger partial charge >= 0.3 is 0 Å². The topological polar surface area (TPSA) is 60.9 Å². The van der Waals surface area contributed by atoms with Crippen molar-refractivity contribution in [2.24, 2.45) is 0 Å². The molecule has 4 rings (SSSR count). The zero-order valence-electron chi connectivity index (χ0n) is 13.0. The Bertz CT molecular complexity index is 1130. The number of hydrogen-bond acceptors (Lipinski definition) is 5. The molecule has 0 saturated carbocycles. The van der Waals surface area contributed by atoms with Gasteiger partial charge in [-0.3, -0.25) is 4.79 Å². The number of nitrogens with zero attached hydrogens (tertiary/aromatic N) is 3. The number of hydrogen-bond donors (Lipinski definition) is 0. The van der Waals surface area contributed by atoms with Gasteiger partial charge in [-0.25, -0.2) is 9.67 Å². The monoisotopic (exact) mass is 391 g/mol. The molecule has 5 nitrogen and oxygen atoms in total. The highest BCUT2D eigenvalue weighted by atomic mass is 35.5. The van der Waals surface area contributed by atoms with Crippen molar-refractivity contribution in [3.05, 3.63) is 67.6 Å². The summed E-state index contributed by atoms with van der Waals surface area (Å²) in [6.07, 6.45) is 1.57. The van der Waals surface area contributed by atoms with Crippen LogP contribution in [0.15, 0.2) is 45.8 Å². The molecule has 0 atom stereocenters. The van der Waals surface area contributed by atoms with Gasteiger partial charge in [-0.2, -0.15) is 5.10 Å². The molecule has 0 fully saturated rings. The fourth-order valence-corrected chi connectivity index (χ4v) is 3.93. The molecule has 25 heavy (non-hydrogen) atoms. The first-order valence-electron chi connectivity index (χ1n) is 7.39. The van der Waals surface area contributed by atoms with Crippen molar-refractivity contribution >= 4 is 44.8 Å². The number of aryl methyl sites for hydroxylation is 1. The molecular formula is C17H11Cl2N3O2S. The number of rotatable bonds is 3. The van der Waals surface area contributed by atoms with Gasteiger partial charge in [0.15, 0.2) is 11.3 Å². The van der Waals surface area contributed by atoms with Gasteiger partial charge in [0, 0.05) is 10.0 Å². The Kier molecular flexibility index (Phi) is 4.11. The number of thiazole rings is 1. The van der Waals surface area contributed by atoms with E-state index in [0.717, 1.165) is 15.3 Å². The van der Waals surface area contributed by atoms with Crippen molar-refractivity contribution < 1.29 is 4.42 Å². The zero-order valence-corrected chi connectivity index (χ0v) is 15.3. The molecule has 8 heteroatoms. The van der Waals surface area contributed by atoms with E-state index in [9.17, 15) is 4.79 Å². The number of furan rings is 1. The summed E-state index contributed by atoms with van der Waals surface area (Å²) in [6, 6.07) is 8.74. The van der Waals surface area contributed by atoms with Crippen LogP contribution in [0.3, 0.4) is 0 Å². The van der Waals surface area contributed by atoms with Gasteiger partial charge in [-0.1, -0.05) is 29.3 Å². The summed E-state index contributed by atoms with van der Waals surface area (Å²) >= 11 is 13.6. The van der Waals surface area contributed by atoms with Gasteiger partial charge < -0.3 is 4.42 Å². The fourth-order valence-electron chi connectivity index (χ4n) is 2.56. The third kappa shape index (κ3) is 2.97. The van der Waals surface area contributed by atoms with E-state index in [2.05, 4.69) is 10.1 Å². The quantitative estimate of drug-likeness (QED) is 0.504. The molecule has 1 aromatic carbocycles. The summed E-state index contributed by atoms with van der Waals surface area (Å²) < 4.78 is 7.55. The Balaban J connectivity index is 1.92. The number of benzene rings is 1. The average molecular weight is 392 g/mol.